The van der Waals surface area contributed by atoms with Gasteiger partial charge in [0.2, 0.25) is 0 Å². The molecule has 1 aliphatic rings. The van der Waals surface area contributed by atoms with Gasteiger partial charge in [0.1, 0.15) is 0 Å². The number of imide groups is 1. The molecule has 0 aromatic heterocycles. The molecule has 2 amide bonds. The summed E-state index contributed by atoms with van der Waals surface area (Å²) >= 11 is 13.5. The van der Waals surface area contributed by atoms with Crippen molar-refractivity contribution in [1.82, 2.24) is 0 Å². The van der Waals surface area contributed by atoms with Crippen LogP contribution in [-0.4, -0.2) is 24.9 Å². The van der Waals surface area contributed by atoms with Crippen LogP contribution in [0.4, 0.5) is 5.69 Å². The summed E-state index contributed by atoms with van der Waals surface area (Å²) < 4.78 is 6.88. The number of carbonyl (C=O) groups is 3. The molecule has 0 N–H and O–H groups in total. The predicted molar refractivity (Wildman–Crippen MR) is 106 cm³/mol. The number of carbonyl (C=O) groups excluding carboxylic acids is 3. The number of hydrogen-bond donors (Lipinski definition) is 0. The second-order valence-electron chi connectivity index (χ2n) is 4.99. The average Bonchev–Trinajstić information content (AvgIpc) is 2.88. The number of anilines is 1. The highest BCUT2D eigenvalue weighted by atomic mass is 79.9. The van der Waals surface area contributed by atoms with Crippen LogP contribution in [0, 0.1) is 0 Å². The van der Waals surface area contributed by atoms with Gasteiger partial charge in [0.05, 0.1) is 29.5 Å². The van der Waals surface area contributed by atoms with Crippen molar-refractivity contribution in [1.29, 1.82) is 0 Å². The van der Waals surface area contributed by atoms with Crippen molar-refractivity contribution in [3.8, 4) is 0 Å². The zero-order valence-corrected chi connectivity index (χ0v) is 18.7. The molecule has 2 aromatic rings. The molecule has 0 aliphatic carbocycles. The quantitative estimate of drug-likeness (QED) is 0.204. The van der Waals surface area contributed by atoms with Crippen LogP contribution in [0.3, 0.4) is 0 Å². The lowest BCUT2D eigenvalue weighted by atomic mass is 10.1. The lowest BCUT2D eigenvalue weighted by Crippen LogP contribution is -2.29. The largest absolute Gasteiger partial charge is 0.465 e. The second kappa shape index (κ2) is 6.94. The lowest BCUT2D eigenvalue weighted by Gasteiger charge is -2.14. The van der Waals surface area contributed by atoms with Gasteiger partial charge in [0.15, 0.2) is 0 Å². The maximum atomic E-state index is 12.8. The molecule has 0 radical (unpaired) electrons. The third-order valence-electron chi connectivity index (χ3n) is 3.65. The van der Waals surface area contributed by atoms with E-state index in [4.69, 9.17) is 0 Å². The third-order valence-corrected chi connectivity index (χ3v) is 8.42. The first-order valence-corrected chi connectivity index (χ1v) is 9.89. The Hall–Kier alpha value is -1.03. The molecule has 128 valence electrons. The molecule has 0 atom stereocenters. The third kappa shape index (κ3) is 2.90. The Morgan fingerprint density at radius 2 is 1.28 bits per heavy atom. The summed E-state index contributed by atoms with van der Waals surface area (Å²) in [6.07, 6.45) is 0. The highest BCUT2D eigenvalue weighted by molar-refractivity contribution is 9.15. The molecule has 0 fully saturated rings. The number of rotatable bonds is 2. The minimum Gasteiger partial charge on any atom is -0.465 e. The van der Waals surface area contributed by atoms with Crippen LogP contribution in [0.2, 0.25) is 0 Å². The van der Waals surface area contributed by atoms with E-state index < -0.39 is 17.8 Å². The number of fused-ring (bicyclic) bond motifs is 1. The Labute approximate surface area is 176 Å². The van der Waals surface area contributed by atoms with Gasteiger partial charge in [-0.05, 0) is 88.0 Å². The van der Waals surface area contributed by atoms with Gasteiger partial charge in [-0.3, -0.25) is 9.59 Å². The monoisotopic (exact) mass is 593 g/mol. The van der Waals surface area contributed by atoms with E-state index in [9.17, 15) is 14.4 Å². The molecule has 0 spiro atoms. The summed E-state index contributed by atoms with van der Waals surface area (Å²) in [6, 6.07) is 6.06. The number of ether oxygens (including phenoxy) is 1. The number of esters is 1. The Kier molecular flexibility index (Phi) is 5.21. The van der Waals surface area contributed by atoms with Crippen LogP contribution in [0.15, 0.2) is 42.2 Å². The zero-order chi connectivity index (χ0) is 18.5. The Morgan fingerprint density at radius 3 is 1.68 bits per heavy atom. The van der Waals surface area contributed by atoms with E-state index in [1.165, 1.54) is 31.4 Å². The van der Waals surface area contributed by atoms with E-state index >= 15 is 0 Å². The zero-order valence-electron chi connectivity index (χ0n) is 12.4. The molecular weight excluding hydrogens is 590 g/mol. The first-order chi connectivity index (χ1) is 11.8. The number of methoxy groups -OCH3 is 1. The average molecular weight is 597 g/mol. The van der Waals surface area contributed by atoms with Crippen molar-refractivity contribution in [3.05, 3.63) is 58.8 Å². The van der Waals surface area contributed by atoms with E-state index in [2.05, 4.69) is 68.5 Å². The summed E-state index contributed by atoms with van der Waals surface area (Å²) in [4.78, 5) is 38.3. The number of nitrogens with zero attached hydrogens (tertiary/aromatic N) is 1. The summed E-state index contributed by atoms with van der Waals surface area (Å²) in [5.74, 6) is -1.40. The fourth-order valence-electron chi connectivity index (χ4n) is 2.45. The van der Waals surface area contributed by atoms with Gasteiger partial charge in [0.25, 0.3) is 11.8 Å². The Balaban J connectivity index is 2.11. The minimum absolute atomic E-state index is 0.268. The van der Waals surface area contributed by atoms with Crippen LogP contribution in [0.1, 0.15) is 31.1 Å². The normalized spacial score (nSPS) is 13.2. The standard InChI is InChI=1S/C16H7Br4NO4/c1-25-16(24)6-2-4-7(5-3-6)21-14(22)8-9(15(21)23)11(18)13(20)12(19)10(8)17/h2-5H,1H3. The predicted octanol–water partition coefficient (Wildman–Crippen LogP) is 5.32. The highest BCUT2D eigenvalue weighted by Crippen LogP contribution is 2.46. The Bertz CT molecular complexity index is 893. The van der Waals surface area contributed by atoms with E-state index in [1.54, 1.807) is 0 Å². The van der Waals surface area contributed by atoms with Crippen LogP contribution >= 0.6 is 63.7 Å². The second-order valence-corrected chi connectivity index (χ2v) is 8.16. The molecule has 0 bridgehead atoms. The fraction of sp³-hybridized carbons (Fsp3) is 0.0625. The maximum absolute atomic E-state index is 12.8. The number of benzene rings is 2. The van der Waals surface area contributed by atoms with Gasteiger partial charge >= 0.3 is 5.97 Å². The van der Waals surface area contributed by atoms with Gasteiger partial charge in [-0.2, -0.15) is 0 Å². The molecule has 9 heteroatoms. The van der Waals surface area contributed by atoms with Crippen LogP contribution in [0.25, 0.3) is 0 Å². The van der Waals surface area contributed by atoms with Gasteiger partial charge in [-0.15, -0.1) is 0 Å². The smallest absolute Gasteiger partial charge is 0.337 e. The molecule has 3 rings (SSSR count). The van der Waals surface area contributed by atoms with E-state index in [1.807, 2.05) is 0 Å². The summed E-state index contributed by atoms with van der Waals surface area (Å²) in [7, 11) is 1.28. The first-order valence-electron chi connectivity index (χ1n) is 6.72. The van der Waals surface area contributed by atoms with E-state index in [-0.39, 0.29) is 11.1 Å². The van der Waals surface area contributed by atoms with Crippen LogP contribution in [-0.2, 0) is 4.74 Å². The summed E-state index contributed by atoms with van der Waals surface area (Å²) in [5, 5.41) is 0. The fourth-order valence-corrected chi connectivity index (χ4v) is 4.91. The van der Waals surface area contributed by atoms with Gasteiger partial charge in [-0.1, -0.05) is 0 Å². The lowest BCUT2D eigenvalue weighted by molar-refractivity contribution is 0.0600. The molecule has 1 aliphatic heterocycles. The molecule has 0 unspecified atom stereocenters. The van der Waals surface area contributed by atoms with E-state index in [0.29, 0.717) is 29.1 Å². The summed E-state index contributed by atoms with van der Waals surface area (Å²) in [5.41, 5.74) is 1.23. The Morgan fingerprint density at radius 1 is 0.840 bits per heavy atom. The van der Waals surface area contributed by atoms with Crippen molar-refractivity contribution in [2.24, 2.45) is 0 Å². The number of halogens is 4. The van der Waals surface area contributed by atoms with Crippen molar-refractivity contribution < 1.29 is 19.1 Å². The number of amides is 2. The van der Waals surface area contributed by atoms with Crippen molar-refractivity contribution in [3.63, 3.8) is 0 Å². The first kappa shape index (κ1) is 18.8. The number of hydrogen-bond acceptors (Lipinski definition) is 4. The molecule has 0 saturated heterocycles. The van der Waals surface area contributed by atoms with Gasteiger partial charge < -0.3 is 4.74 Å². The molecule has 25 heavy (non-hydrogen) atoms. The van der Waals surface area contributed by atoms with Crippen molar-refractivity contribution in [2.45, 2.75) is 0 Å². The highest BCUT2D eigenvalue weighted by Gasteiger charge is 2.41. The van der Waals surface area contributed by atoms with E-state index in [0.717, 1.165) is 4.90 Å². The van der Waals surface area contributed by atoms with Crippen molar-refractivity contribution >= 4 is 87.2 Å². The molecule has 2 aromatic carbocycles. The maximum Gasteiger partial charge on any atom is 0.337 e. The molecule has 0 saturated carbocycles. The minimum atomic E-state index is -0.493. The van der Waals surface area contributed by atoms with Crippen molar-refractivity contribution in [2.75, 3.05) is 12.0 Å². The SMILES string of the molecule is COC(=O)c1ccc(N2C(=O)c3c(Br)c(Br)c(Br)c(Br)c3C2=O)cc1. The van der Waals surface area contributed by atoms with Gasteiger partial charge in [0, 0.05) is 17.9 Å². The summed E-state index contributed by atoms with van der Waals surface area (Å²) in [6.45, 7) is 0. The topological polar surface area (TPSA) is 63.7 Å². The molecule has 5 nitrogen and oxygen atoms in total. The van der Waals surface area contributed by atoms with Gasteiger partial charge in [-0.25, -0.2) is 9.69 Å². The van der Waals surface area contributed by atoms with Crippen LogP contribution in [0.5, 0.6) is 0 Å². The molecule has 1 heterocycles. The molecular formula is C16H7Br4NO4. The van der Waals surface area contributed by atoms with Crippen LogP contribution < -0.4 is 4.90 Å².